The second kappa shape index (κ2) is 11.9. The molecule has 1 aromatic heterocycles. The number of para-hydroxylation sites is 2. The minimum atomic E-state index is -3.69. The van der Waals surface area contributed by atoms with E-state index in [4.69, 9.17) is 0 Å². The van der Waals surface area contributed by atoms with E-state index in [0.717, 1.165) is 27.5 Å². The van der Waals surface area contributed by atoms with Gasteiger partial charge in [-0.15, -0.1) is 0 Å². The summed E-state index contributed by atoms with van der Waals surface area (Å²) in [5, 5.41) is 5.96. The molecule has 3 nitrogen and oxygen atoms in total. The molecule has 5 heteroatoms. The fraction of sp³-hybridized carbons (Fsp3) is 0. The van der Waals surface area contributed by atoms with Crippen LogP contribution in [-0.4, -0.2) is 4.57 Å². The summed E-state index contributed by atoms with van der Waals surface area (Å²) in [6.07, 6.45) is 0. The van der Waals surface area contributed by atoms with Crippen molar-refractivity contribution < 1.29 is 9.13 Å². The van der Waals surface area contributed by atoms with Gasteiger partial charge in [0.25, 0.3) is 0 Å². The Kier molecular flexibility index (Phi) is 7.38. The van der Waals surface area contributed by atoms with E-state index in [2.05, 4.69) is 34.9 Å². The number of hydrogen-bond donors (Lipinski definition) is 0. The molecule has 0 radical (unpaired) electrons. The van der Waals surface area contributed by atoms with Gasteiger partial charge in [0.2, 0.25) is 0 Å². The predicted octanol–water partition coefficient (Wildman–Crippen LogP) is 8.06. The quantitative estimate of drug-likeness (QED) is 0.165. The van der Waals surface area contributed by atoms with Crippen molar-refractivity contribution >= 4 is 67.9 Å². The smallest absolute Gasteiger partial charge is 0.173 e. The molecule has 0 fully saturated rings. The van der Waals surface area contributed by atoms with Gasteiger partial charge in [0.15, 0.2) is 14.3 Å². The van der Waals surface area contributed by atoms with Gasteiger partial charge in [-0.2, -0.15) is 0 Å². The number of nitrogens with zero attached hydrogens (tertiary/aromatic N) is 1. The summed E-state index contributed by atoms with van der Waals surface area (Å²) < 4.78 is 35.2. The van der Waals surface area contributed by atoms with Crippen LogP contribution < -0.4 is 31.8 Å². The summed E-state index contributed by atoms with van der Waals surface area (Å²) >= 11 is 0. The van der Waals surface area contributed by atoms with E-state index in [1.165, 1.54) is 0 Å². The van der Waals surface area contributed by atoms with Crippen LogP contribution in [0.15, 0.2) is 188 Å². The van der Waals surface area contributed by atoms with Crippen molar-refractivity contribution in [3.63, 3.8) is 0 Å². The first-order valence-electron chi connectivity index (χ1n) is 15.7. The fourth-order valence-electron chi connectivity index (χ4n) is 6.83. The van der Waals surface area contributed by atoms with E-state index < -0.39 is 14.3 Å². The standard InChI is InChI=1S/C42H31NO2P2/c44-46(33-20-8-2-9-21-33,34-22-10-3-11-23-34)40-31-30-38-37-28-16-17-29-39(37)43(32-18-6-1-7-19-32)41(38)42(40)47(45,35-24-12-4-13-25-35)36-26-14-5-15-27-36/h1-31H. The Morgan fingerprint density at radius 2 is 0.766 bits per heavy atom. The van der Waals surface area contributed by atoms with Crippen LogP contribution in [0.4, 0.5) is 0 Å². The number of fused-ring (bicyclic) bond motifs is 3. The molecule has 0 aliphatic heterocycles. The highest BCUT2D eigenvalue weighted by Crippen LogP contribution is 2.51. The summed E-state index contributed by atoms with van der Waals surface area (Å²) in [5.74, 6) is 0. The molecule has 8 aromatic rings. The first-order valence-corrected chi connectivity index (χ1v) is 19.1. The van der Waals surface area contributed by atoms with Crippen LogP contribution in [0.25, 0.3) is 27.5 Å². The molecule has 0 saturated heterocycles. The molecule has 0 N–H and O–H groups in total. The molecule has 0 aliphatic carbocycles. The normalized spacial score (nSPS) is 12.0. The lowest BCUT2D eigenvalue weighted by Crippen LogP contribution is -2.39. The lowest BCUT2D eigenvalue weighted by molar-refractivity contribution is 0.590. The van der Waals surface area contributed by atoms with E-state index >= 15 is 9.13 Å². The van der Waals surface area contributed by atoms with Crippen molar-refractivity contribution in [2.45, 2.75) is 0 Å². The maximum atomic E-state index is 16.7. The van der Waals surface area contributed by atoms with E-state index in [0.29, 0.717) is 31.8 Å². The van der Waals surface area contributed by atoms with Crippen LogP contribution in [0.2, 0.25) is 0 Å². The molecule has 0 atom stereocenters. The van der Waals surface area contributed by atoms with Crippen molar-refractivity contribution in [1.82, 2.24) is 4.57 Å². The zero-order valence-electron chi connectivity index (χ0n) is 25.6. The lowest BCUT2D eigenvalue weighted by atomic mass is 10.1. The third-order valence-corrected chi connectivity index (χ3v) is 15.3. The maximum Gasteiger partial charge on any atom is 0.173 e. The predicted molar refractivity (Wildman–Crippen MR) is 200 cm³/mol. The highest BCUT2D eigenvalue weighted by molar-refractivity contribution is 7.91. The third-order valence-electron chi connectivity index (χ3n) is 8.94. The topological polar surface area (TPSA) is 39.1 Å². The average molecular weight is 644 g/mol. The van der Waals surface area contributed by atoms with E-state index in [9.17, 15) is 0 Å². The molecular formula is C42H31NO2P2. The Morgan fingerprint density at radius 1 is 0.362 bits per heavy atom. The number of benzene rings is 7. The highest BCUT2D eigenvalue weighted by atomic mass is 31.2. The molecule has 0 bridgehead atoms. The summed E-state index contributed by atoms with van der Waals surface area (Å²) in [6.45, 7) is 0. The zero-order chi connectivity index (χ0) is 31.8. The molecule has 8 rings (SSSR count). The summed E-state index contributed by atoms with van der Waals surface area (Å²) in [4.78, 5) is 0. The van der Waals surface area contributed by atoms with Gasteiger partial charge in [-0.25, -0.2) is 0 Å². The average Bonchev–Trinajstić information content (AvgIpc) is 3.50. The van der Waals surface area contributed by atoms with Crippen LogP contribution in [0, 0.1) is 0 Å². The van der Waals surface area contributed by atoms with Crippen LogP contribution in [0.5, 0.6) is 0 Å². The molecule has 0 unspecified atom stereocenters. The first kappa shape index (κ1) is 29.2. The lowest BCUT2D eigenvalue weighted by Gasteiger charge is -2.29. The molecule has 226 valence electrons. The van der Waals surface area contributed by atoms with Crippen molar-refractivity contribution in [2.24, 2.45) is 0 Å². The Hall–Kier alpha value is -5.20. The van der Waals surface area contributed by atoms with Gasteiger partial charge in [0.05, 0.1) is 16.3 Å². The van der Waals surface area contributed by atoms with Crippen molar-refractivity contribution in [2.75, 3.05) is 0 Å². The van der Waals surface area contributed by atoms with Gasteiger partial charge < -0.3 is 13.7 Å². The van der Waals surface area contributed by atoms with Crippen molar-refractivity contribution in [1.29, 1.82) is 0 Å². The second-order valence-corrected chi connectivity index (χ2v) is 17.0. The van der Waals surface area contributed by atoms with Crippen molar-refractivity contribution in [3.8, 4) is 5.69 Å². The molecule has 7 aromatic carbocycles. The second-order valence-electron chi connectivity index (χ2n) is 11.6. The largest absolute Gasteiger partial charge is 0.309 e. The first-order chi connectivity index (χ1) is 23.1. The van der Waals surface area contributed by atoms with Crippen LogP contribution in [0.3, 0.4) is 0 Å². The van der Waals surface area contributed by atoms with Crippen molar-refractivity contribution in [3.05, 3.63) is 188 Å². The summed E-state index contributed by atoms with van der Waals surface area (Å²) in [7, 11) is -7.29. The van der Waals surface area contributed by atoms with Gasteiger partial charge in [-0.05, 0) is 24.3 Å². The van der Waals surface area contributed by atoms with Crippen LogP contribution >= 0.6 is 14.3 Å². The number of aromatic nitrogens is 1. The molecular weight excluding hydrogens is 612 g/mol. The number of rotatable bonds is 7. The molecule has 0 spiro atoms. The minimum Gasteiger partial charge on any atom is -0.309 e. The van der Waals surface area contributed by atoms with Gasteiger partial charge in [0, 0.05) is 43.0 Å². The molecule has 1 heterocycles. The van der Waals surface area contributed by atoms with Gasteiger partial charge in [-0.1, -0.05) is 164 Å². The summed E-state index contributed by atoms with van der Waals surface area (Å²) in [5.41, 5.74) is 2.74. The van der Waals surface area contributed by atoms with E-state index in [-0.39, 0.29) is 0 Å². The monoisotopic (exact) mass is 643 g/mol. The minimum absolute atomic E-state index is 0.582. The SMILES string of the molecule is O=P(c1ccccc1)(c1ccccc1)c1ccc2c3ccccc3n(-c3ccccc3)c2c1P(=O)(c1ccccc1)c1ccccc1. The highest BCUT2D eigenvalue weighted by Gasteiger charge is 2.42. The fourth-order valence-corrected chi connectivity index (χ4v) is 13.3. The van der Waals surface area contributed by atoms with Gasteiger partial charge >= 0.3 is 0 Å². The van der Waals surface area contributed by atoms with Crippen LogP contribution in [-0.2, 0) is 9.13 Å². The molecule has 0 aliphatic rings. The Labute approximate surface area is 274 Å². The van der Waals surface area contributed by atoms with Gasteiger partial charge in [-0.3, -0.25) is 0 Å². The summed E-state index contributed by atoms with van der Waals surface area (Å²) in [6, 6.07) is 61.3. The molecule has 47 heavy (non-hydrogen) atoms. The molecule has 0 amide bonds. The Balaban J connectivity index is 1.66. The third kappa shape index (κ3) is 4.66. The maximum absolute atomic E-state index is 16.7. The number of hydrogen-bond acceptors (Lipinski definition) is 2. The van der Waals surface area contributed by atoms with Gasteiger partial charge in [0.1, 0.15) is 0 Å². The molecule has 0 saturated carbocycles. The Morgan fingerprint density at radius 3 is 1.26 bits per heavy atom. The van der Waals surface area contributed by atoms with E-state index in [1.807, 2.05) is 158 Å². The zero-order valence-corrected chi connectivity index (χ0v) is 27.3. The van der Waals surface area contributed by atoms with E-state index in [1.54, 1.807) is 0 Å². The van der Waals surface area contributed by atoms with Crippen LogP contribution in [0.1, 0.15) is 0 Å². The Bertz CT molecular complexity index is 2350.